The fraction of sp³-hybridized carbons (Fsp3) is 0.435. The number of carbonyl (C=O) groups is 1. The van der Waals surface area contributed by atoms with Crippen LogP contribution >= 0.6 is 31.9 Å². The minimum atomic E-state index is 0.442. The number of hydrogen-bond donors (Lipinski definition) is 0. The molecule has 2 rings (SSSR count). The fourth-order valence-corrected chi connectivity index (χ4v) is 3.61. The van der Waals surface area contributed by atoms with Crippen LogP contribution in [0.15, 0.2) is 57.5 Å². The Morgan fingerprint density at radius 1 is 0.577 bits per heavy atom. The molecule has 0 heterocycles. The van der Waals surface area contributed by atoms with Crippen molar-refractivity contribution in [3.8, 4) is 0 Å². The Balaban J connectivity index is 1.45. The van der Waals surface area contributed by atoms with Crippen LogP contribution < -0.4 is 0 Å². The van der Waals surface area contributed by atoms with E-state index in [-0.39, 0.29) is 0 Å². The summed E-state index contributed by atoms with van der Waals surface area (Å²) in [5, 5.41) is 0. The normalized spacial score (nSPS) is 10.8. The van der Waals surface area contributed by atoms with E-state index in [4.69, 9.17) is 0 Å². The van der Waals surface area contributed by atoms with Gasteiger partial charge < -0.3 is 0 Å². The number of Topliss-reactive ketones (excluding diaryl/α,β-unsaturated/α-hetero) is 1. The largest absolute Gasteiger partial charge is 0.300 e. The average molecular weight is 480 g/mol. The SMILES string of the molecule is O=C(CCCCCc1ccc(Br)cc1)CCCCCc1ccc(Br)cc1. The van der Waals surface area contributed by atoms with Crippen molar-refractivity contribution >= 4 is 37.6 Å². The van der Waals surface area contributed by atoms with Gasteiger partial charge in [-0.25, -0.2) is 0 Å². The number of unbranched alkanes of at least 4 members (excludes halogenated alkanes) is 4. The maximum atomic E-state index is 12.0. The lowest BCUT2D eigenvalue weighted by Crippen LogP contribution is -1.98. The molecule has 0 atom stereocenters. The Morgan fingerprint density at radius 2 is 0.962 bits per heavy atom. The third-order valence-electron chi connectivity index (χ3n) is 4.67. The van der Waals surface area contributed by atoms with Gasteiger partial charge in [-0.1, -0.05) is 69.0 Å². The van der Waals surface area contributed by atoms with E-state index in [1.807, 2.05) is 0 Å². The van der Waals surface area contributed by atoms with Gasteiger partial charge in [-0.2, -0.15) is 0 Å². The Labute approximate surface area is 174 Å². The summed E-state index contributed by atoms with van der Waals surface area (Å²) < 4.78 is 2.26. The predicted molar refractivity (Wildman–Crippen MR) is 118 cm³/mol. The third-order valence-corrected chi connectivity index (χ3v) is 5.73. The molecule has 1 nitrogen and oxygen atoms in total. The standard InChI is InChI=1S/C23H28Br2O/c24-21-15-11-19(12-16-21)7-3-1-5-9-23(26)10-6-2-4-8-20-13-17-22(25)18-14-20/h11-18H,1-10H2. The van der Waals surface area contributed by atoms with E-state index in [2.05, 4.69) is 80.4 Å². The molecule has 0 aromatic heterocycles. The summed E-state index contributed by atoms with van der Waals surface area (Å²) >= 11 is 6.92. The van der Waals surface area contributed by atoms with Crippen molar-refractivity contribution < 1.29 is 4.79 Å². The molecule has 0 aliphatic carbocycles. The summed E-state index contributed by atoms with van der Waals surface area (Å²) in [5.41, 5.74) is 2.76. The Hall–Kier alpha value is -0.930. The molecule has 0 unspecified atom stereocenters. The molecule has 3 heteroatoms. The van der Waals surface area contributed by atoms with Crippen molar-refractivity contribution in [2.45, 2.75) is 64.2 Å². The van der Waals surface area contributed by atoms with Gasteiger partial charge in [-0.05, 0) is 73.9 Å². The van der Waals surface area contributed by atoms with Gasteiger partial charge in [0.1, 0.15) is 5.78 Å². The molecule has 0 saturated carbocycles. The van der Waals surface area contributed by atoms with Crippen LogP contribution in [0.5, 0.6) is 0 Å². The van der Waals surface area contributed by atoms with Crippen molar-refractivity contribution in [3.63, 3.8) is 0 Å². The topological polar surface area (TPSA) is 17.1 Å². The van der Waals surface area contributed by atoms with E-state index < -0.39 is 0 Å². The molecule has 2 aromatic rings. The number of hydrogen-bond acceptors (Lipinski definition) is 1. The lowest BCUT2D eigenvalue weighted by Gasteiger charge is -2.04. The predicted octanol–water partition coefficient (Wildman–Crippen LogP) is 7.69. The number of carbonyl (C=O) groups excluding carboxylic acids is 1. The zero-order valence-electron chi connectivity index (χ0n) is 15.4. The van der Waals surface area contributed by atoms with Gasteiger partial charge in [0.2, 0.25) is 0 Å². The lowest BCUT2D eigenvalue weighted by atomic mass is 10.0. The minimum Gasteiger partial charge on any atom is -0.300 e. The fourth-order valence-electron chi connectivity index (χ4n) is 3.08. The first-order valence-electron chi connectivity index (χ1n) is 9.64. The maximum Gasteiger partial charge on any atom is 0.132 e. The second-order valence-corrected chi connectivity index (χ2v) is 8.74. The van der Waals surface area contributed by atoms with Crippen molar-refractivity contribution in [1.82, 2.24) is 0 Å². The number of ketones is 1. The quantitative estimate of drug-likeness (QED) is 0.285. The zero-order valence-corrected chi connectivity index (χ0v) is 18.5. The van der Waals surface area contributed by atoms with Crippen LogP contribution in [-0.2, 0) is 17.6 Å². The van der Waals surface area contributed by atoms with E-state index in [1.165, 1.54) is 24.0 Å². The molecule has 0 N–H and O–H groups in total. The van der Waals surface area contributed by atoms with Crippen molar-refractivity contribution in [2.75, 3.05) is 0 Å². The Morgan fingerprint density at radius 3 is 1.35 bits per heavy atom. The summed E-state index contributed by atoms with van der Waals surface area (Å²) in [4.78, 5) is 12.0. The van der Waals surface area contributed by atoms with E-state index >= 15 is 0 Å². The number of rotatable bonds is 12. The first-order chi connectivity index (χ1) is 12.6. The Bertz CT molecular complexity index is 589. The van der Waals surface area contributed by atoms with Crippen LogP contribution in [0.2, 0.25) is 0 Å². The molecule has 26 heavy (non-hydrogen) atoms. The minimum absolute atomic E-state index is 0.442. The van der Waals surface area contributed by atoms with Crippen LogP contribution in [0, 0.1) is 0 Å². The van der Waals surface area contributed by atoms with Crippen molar-refractivity contribution in [2.24, 2.45) is 0 Å². The maximum absolute atomic E-state index is 12.0. The van der Waals surface area contributed by atoms with Gasteiger partial charge >= 0.3 is 0 Å². The van der Waals surface area contributed by atoms with Gasteiger partial charge in [-0.3, -0.25) is 4.79 Å². The number of halogens is 2. The molecule has 0 bridgehead atoms. The van der Waals surface area contributed by atoms with E-state index in [1.54, 1.807) is 0 Å². The van der Waals surface area contributed by atoms with Crippen molar-refractivity contribution in [1.29, 1.82) is 0 Å². The molecule has 0 aliphatic heterocycles. The van der Waals surface area contributed by atoms with Crippen LogP contribution in [0.25, 0.3) is 0 Å². The van der Waals surface area contributed by atoms with Gasteiger partial charge in [0.25, 0.3) is 0 Å². The molecule has 140 valence electrons. The summed E-state index contributed by atoms with van der Waals surface area (Å²) in [7, 11) is 0. The zero-order chi connectivity index (χ0) is 18.6. The molecule has 0 fully saturated rings. The average Bonchev–Trinajstić information content (AvgIpc) is 2.64. The van der Waals surface area contributed by atoms with Gasteiger partial charge in [0.15, 0.2) is 0 Å². The van der Waals surface area contributed by atoms with E-state index in [9.17, 15) is 4.79 Å². The highest BCUT2D eigenvalue weighted by molar-refractivity contribution is 9.10. The highest BCUT2D eigenvalue weighted by Gasteiger charge is 2.02. The molecule has 0 spiro atoms. The van der Waals surface area contributed by atoms with E-state index in [0.29, 0.717) is 5.78 Å². The third kappa shape index (κ3) is 9.14. The van der Waals surface area contributed by atoms with Crippen LogP contribution in [0.1, 0.15) is 62.5 Å². The highest BCUT2D eigenvalue weighted by atomic mass is 79.9. The molecule has 0 saturated heterocycles. The first-order valence-corrected chi connectivity index (χ1v) is 11.2. The summed E-state index contributed by atoms with van der Waals surface area (Å²) in [6.07, 6.45) is 10.4. The highest BCUT2D eigenvalue weighted by Crippen LogP contribution is 2.15. The second-order valence-electron chi connectivity index (χ2n) is 6.91. The first kappa shape index (κ1) is 21.4. The lowest BCUT2D eigenvalue weighted by molar-refractivity contribution is -0.119. The monoisotopic (exact) mass is 478 g/mol. The van der Waals surface area contributed by atoms with Crippen molar-refractivity contribution in [3.05, 3.63) is 68.6 Å². The molecule has 0 radical (unpaired) electrons. The number of benzene rings is 2. The molecular formula is C23H28Br2O. The van der Waals surface area contributed by atoms with Crippen LogP contribution in [-0.4, -0.2) is 5.78 Å². The number of aryl methyl sites for hydroxylation is 2. The van der Waals surface area contributed by atoms with Gasteiger partial charge in [0.05, 0.1) is 0 Å². The second kappa shape index (κ2) is 12.5. The molecular weight excluding hydrogens is 452 g/mol. The Kier molecular flexibility index (Phi) is 10.2. The van der Waals surface area contributed by atoms with Crippen LogP contribution in [0.3, 0.4) is 0 Å². The van der Waals surface area contributed by atoms with E-state index in [0.717, 1.165) is 60.3 Å². The summed E-state index contributed by atoms with van der Waals surface area (Å²) in [6.45, 7) is 0. The molecule has 0 aliphatic rings. The summed E-state index contributed by atoms with van der Waals surface area (Å²) in [5.74, 6) is 0.442. The van der Waals surface area contributed by atoms with Gasteiger partial charge in [0, 0.05) is 21.8 Å². The molecule has 0 amide bonds. The van der Waals surface area contributed by atoms with Gasteiger partial charge in [-0.15, -0.1) is 0 Å². The smallest absolute Gasteiger partial charge is 0.132 e. The summed E-state index contributed by atoms with van der Waals surface area (Å²) in [6, 6.07) is 17.1. The molecule has 2 aromatic carbocycles. The van der Waals surface area contributed by atoms with Crippen LogP contribution in [0.4, 0.5) is 0 Å².